The van der Waals surface area contributed by atoms with E-state index in [0.29, 0.717) is 6.42 Å². The second kappa shape index (κ2) is 5.69. The highest BCUT2D eigenvalue weighted by molar-refractivity contribution is 7.99. The number of nitrogens with zero attached hydrogens (tertiary/aromatic N) is 4. The maximum atomic E-state index is 10.9. The van der Waals surface area contributed by atoms with E-state index in [1.807, 2.05) is 6.92 Å². The molecule has 1 unspecified atom stereocenters. The second-order valence-corrected chi connectivity index (χ2v) is 4.53. The molecule has 1 heterocycles. The molecule has 7 heteroatoms. The van der Waals surface area contributed by atoms with E-state index in [2.05, 4.69) is 20.3 Å². The highest BCUT2D eigenvalue weighted by atomic mass is 32.2. The van der Waals surface area contributed by atoms with Crippen molar-refractivity contribution in [1.29, 1.82) is 0 Å². The molecule has 0 bridgehead atoms. The highest BCUT2D eigenvalue weighted by Crippen LogP contribution is 2.22. The lowest BCUT2D eigenvalue weighted by Gasteiger charge is -2.08. The zero-order valence-electron chi connectivity index (χ0n) is 9.01. The van der Waals surface area contributed by atoms with Crippen molar-refractivity contribution in [2.75, 3.05) is 7.11 Å². The molecule has 84 valence electrons. The first-order chi connectivity index (χ1) is 7.13. The number of thioether (sulfide) groups is 1. The number of tetrazole rings is 1. The van der Waals surface area contributed by atoms with Crippen molar-refractivity contribution in [1.82, 2.24) is 20.2 Å². The summed E-state index contributed by atoms with van der Waals surface area (Å²) >= 11 is 1.55. The molecule has 1 rings (SSSR count). The number of rotatable bonds is 5. The van der Waals surface area contributed by atoms with Gasteiger partial charge in [-0.1, -0.05) is 18.7 Å². The van der Waals surface area contributed by atoms with E-state index in [9.17, 15) is 4.79 Å². The lowest BCUT2D eigenvalue weighted by molar-refractivity contribution is -0.140. The number of carbonyl (C=O) groups excluding carboxylic acids is 1. The van der Waals surface area contributed by atoms with E-state index in [1.165, 1.54) is 7.11 Å². The predicted molar refractivity (Wildman–Crippen MR) is 55.4 cm³/mol. The molecule has 0 radical (unpaired) electrons. The number of aromatic nitrogens is 4. The Bertz CT molecular complexity index is 328. The zero-order chi connectivity index (χ0) is 11.3. The molecular weight excluding hydrogens is 216 g/mol. The summed E-state index contributed by atoms with van der Waals surface area (Å²) in [5.41, 5.74) is 0. The Morgan fingerprint density at radius 1 is 1.67 bits per heavy atom. The van der Waals surface area contributed by atoms with E-state index in [-0.39, 0.29) is 11.2 Å². The minimum absolute atomic E-state index is 0.182. The van der Waals surface area contributed by atoms with E-state index in [1.54, 1.807) is 23.5 Å². The topological polar surface area (TPSA) is 69.9 Å². The number of aryl methyl sites for hydroxylation is 1. The summed E-state index contributed by atoms with van der Waals surface area (Å²) in [6, 6.07) is 0. The van der Waals surface area contributed by atoms with Gasteiger partial charge >= 0.3 is 5.97 Å². The average molecular weight is 230 g/mol. The Balaban J connectivity index is 2.33. The number of hydrogen-bond acceptors (Lipinski definition) is 6. The Morgan fingerprint density at radius 3 is 2.93 bits per heavy atom. The van der Waals surface area contributed by atoms with Crippen LogP contribution in [0, 0.1) is 0 Å². The molecule has 0 saturated carbocycles. The third-order valence-corrected chi connectivity index (χ3v) is 3.07. The molecule has 1 aromatic heterocycles. The van der Waals surface area contributed by atoms with Crippen LogP contribution in [0.25, 0.3) is 0 Å². The van der Waals surface area contributed by atoms with Gasteiger partial charge in [-0.25, -0.2) is 4.68 Å². The molecule has 0 amide bonds. The zero-order valence-corrected chi connectivity index (χ0v) is 9.82. The summed E-state index contributed by atoms with van der Waals surface area (Å²) in [6.45, 7) is 2.03. The van der Waals surface area contributed by atoms with Gasteiger partial charge in [-0.05, 0) is 16.8 Å². The molecule has 6 nitrogen and oxygen atoms in total. The third-order valence-electron chi connectivity index (χ3n) is 1.87. The van der Waals surface area contributed by atoms with Crippen molar-refractivity contribution in [3.8, 4) is 0 Å². The number of carbonyl (C=O) groups is 1. The molecule has 1 aromatic rings. The van der Waals surface area contributed by atoms with E-state index in [4.69, 9.17) is 0 Å². The van der Waals surface area contributed by atoms with Gasteiger partial charge in [0.25, 0.3) is 0 Å². The molecule has 15 heavy (non-hydrogen) atoms. The number of esters is 1. The van der Waals surface area contributed by atoms with Gasteiger partial charge in [0.05, 0.1) is 7.11 Å². The Labute approximate surface area is 92.4 Å². The van der Waals surface area contributed by atoms with Crippen molar-refractivity contribution in [3.63, 3.8) is 0 Å². The second-order valence-electron chi connectivity index (χ2n) is 3.13. The smallest absolute Gasteiger partial charge is 0.305 e. The Morgan fingerprint density at radius 2 is 2.40 bits per heavy atom. The van der Waals surface area contributed by atoms with Crippen LogP contribution in [-0.2, 0) is 16.6 Å². The van der Waals surface area contributed by atoms with Gasteiger partial charge in [-0.15, -0.1) is 5.10 Å². The SMILES string of the molecule is COC(=O)CCC(C)Sc1nnnn1C. The van der Waals surface area contributed by atoms with Crippen LogP contribution in [0.4, 0.5) is 0 Å². The van der Waals surface area contributed by atoms with Gasteiger partial charge in [0.15, 0.2) is 0 Å². The first-order valence-electron chi connectivity index (χ1n) is 4.59. The van der Waals surface area contributed by atoms with Crippen LogP contribution < -0.4 is 0 Å². The standard InChI is InChI=1S/C8H14N4O2S/c1-6(4-5-7(13)14-3)15-8-9-10-11-12(8)2/h6H,4-5H2,1-3H3. The van der Waals surface area contributed by atoms with E-state index < -0.39 is 0 Å². The summed E-state index contributed by atoms with van der Waals surface area (Å²) in [5, 5.41) is 12.2. The Kier molecular flexibility index (Phi) is 4.54. The van der Waals surface area contributed by atoms with Crippen LogP contribution in [0.15, 0.2) is 5.16 Å². The lowest BCUT2D eigenvalue weighted by atomic mass is 10.2. The van der Waals surface area contributed by atoms with Crippen molar-refractivity contribution >= 4 is 17.7 Å². The predicted octanol–water partition coefficient (Wildman–Crippen LogP) is 0.644. The quantitative estimate of drug-likeness (QED) is 0.546. The van der Waals surface area contributed by atoms with Crippen LogP contribution in [0.5, 0.6) is 0 Å². The van der Waals surface area contributed by atoms with Crippen molar-refractivity contribution in [2.24, 2.45) is 7.05 Å². The normalized spacial score (nSPS) is 12.5. The fraction of sp³-hybridized carbons (Fsp3) is 0.750. The first-order valence-corrected chi connectivity index (χ1v) is 5.47. The molecule has 0 aliphatic carbocycles. The lowest BCUT2D eigenvalue weighted by Crippen LogP contribution is -2.06. The fourth-order valence-corrected chi connectivity index (χ4v) is 1.85. The van der Waals surface area contributed by atoms with Crippen LogP contribution in [0.1, 0.15) is 19.8 Å². The summed E-state index contributed by atoms with van der Waals surface area (Å²) in [4.78, 5) is 10.9. The van der Waals surface area contributed by atoms with Crippen LogP contribution >= 0.6 is 11.8 Å². The van der Waals surface area contributed by atoms with Gasteiger partial charge in [-0.3, -0.25) is 4.79 Å². The fourth-order valence-electron chi connectivity index (χ4n) is 0.983. The van der Waals surface area contributed by atoms with Crippen LogP contribution in [-0.4, -0.2) is 38.5 Å². The Hall–Kier alpha value is -1.11. The van der Waals surface area contributed by atoms with Crippen molar-refractivity contribution in [2.45, 2.75) is 30.2 Å². The summed E-state index contributed by atoms with van der Waals surface area (Å²) in [5.74, 6) is -0.182. The molecular formula is C8H14N4O2S. The molecule has 1 atom stereocenters. The monoisotopic (exact) mass is 230 g/mol. The number of methoxy groups -OCH3 is 1. The van der Waals surface area contributed by atoms with Gasteiger partial charge < -0.3 is 4.74 Å². The molecule has 0 aliphatic rings. The molecule has 0 aromatic carbocycles. The largest absolute Gasteiger partial charge is 0.469 e. The van der Waals surface area contributed by atoms with Crippen LogP contribution in [0.2, 0.25) is 0 Å². The van der Waals surface area contributed by atoms with Gasteiger partial charge in [-0.2, -0.15) is 0 Å². The molecule has 0 aliphatic heterocycles. The maximum Gasteiger partial charge on any atom is 0.305 e. The minimum atomic E-state index is -0.182. The van der Waals surface area contributed by atoms with Gasteiger partial charge in [0, 0.05) is 18.7 Å². The molecule has 0 N–H and O–H groups in total. The molecule has 0 spiro atoms. The average Bonchev–Trinajstić information content (AvgIpc) is 2.61. The van der Waals surface area contributed by atoms with E-state index in [0.717, 1.165) is 11.6 Å². The number of hydrogen-bond donors (Lipinski definition) is 0. The van der Waals surface area contributed by atoms with E-state index >= 15 is 0 Å². The highest BCUT2D eigenvalue weighted by Gasteiger charge is 2.11. The third kappa shape index (κ3) is 3.86. The summed E-state index contributed by atoms with van der Waals surface area (Å²) in [7, 11) is 3.18. The summed E-state index contributed by atoms with van der Waals surface area (Å²) < 4.78 is 6.18. The van der Waals surface area contributed by atoms with Crippen LogP contribution in [0.3, 0.4) is 0 Å². The maximum absolute atomic E-state index is 10.9. The molecule has 0 fully saturated rings. The summed E-state index contributed by atoms with van der Waals surface area (Å²) in [6.07, 6.45) is 1.18. The minimum Gasteiger partial charge on any atom is -0.469 e. The van der Waals surface area contributed by atoms with Crippen molar-refractivity contribution < 1.29 is 9.53 Å². The molecule has 0 saturated heterocycles. The van der Waals surface area contributed by atoms with Gasteiger partial charge in [0.2, 0.25) is 5.16 Å². The van der Waals surface area contributed by atoms with Gasteiger partial charge in [0.1, 0.15) is 0 Å². The number of ether oxygens (including phenoxy) is 1. The first kappa shape index (κ1) is 12.0. The van der Waals surface area contributed by atoms with Crippen molar-refractivity contribution in [3.05, 3.63) is 0 Å².